The molecule has 0 fully saturated rings. The molecule has 0 radical (unpaired) electrons. The molecule has 0 heterocycles. The summed E-state index contributed by atoms with van der Waals surface area (Å²) >= 11 is 0. The van der Waals surface area contributed by atoms with Gasteiger partial charge in [-0.3, -0.25) is 9.69 Å². The van der Waals surface area contributed by atoms with Crippen molar-refractivity contribution in [2.75, 3.05) is 25.5 Å². The molecule has 2 N–H and O–H groups in total. The van der Waals surface area contributed by atoms with Gasteiger partial charge >= 0.3 is 0 Å². The number of aliphatic hydroxyl groups excluding tert-OH is 1. The molecule has 1 atom stereocenters. The van der Waals surface area contributed by atoms with Crippen LogP contribution in [0.2, 0.25) is 0 Å². The smallest absolute Gasteiger partial charge is 0.238 e. The molecular weight excluding hydrogens is 240 g/mol. The molecule has 4 heteroatoms. The van der Waals surface area contributed by atoms with E-state index in [-0.39, 0.29) is 12.0 Å². The fourth-order valence-electron chi connectivity index (χ4n) is 1.80. The second-order valence-electron chi connectivity index (χ2n) is 4.98. The van der Waals surface area contributed by atoms with Crippen molar-refractivity contribution in [1.82, 2.24) is 4.90 Å². The molecule has 0 aromatic heterocycles. The van der Waals surface area contributed by atoms with Crippen LogP contribution in [-0.2, 0) is 11.2 Å². The van der Waals surface area contributed by atoms with E-state index in [0.29, 0.717) is 19.5 Å². The topological polar surface area (TPSA) is 52.6 Å². The lowest BCUT2D eigenvalue weighted by molar-refractivity contribution is -0.117. The largest absolute Gasteiger partial charge is 0.393 e. The number of nitrogens with one attached hydrogen (secondary N) is 1. The number of aliphatic hydroxyl groups is 1. The quantitative estimate of drug-likeness (QED) is 0.790. The first-order valence-electron chi connectivity index (χ1n) is 6.76. The molecule has 1 aromatic rings. The van der Waals surface area contributed by atoms with Crippen molar-refractivity contribution < 1.29 is 9.90 Å². The molecule has 4 nitrogen and oxygen atoms in total. The van der Waals surface area contributed by atoms with Crippen LogP contribution in [-0.4, -0.2) is 42.2 Å². The maximum atomic E-state index is 11.9. The average molecular weight is 264 g/mol. The zero-order valence-electron chi connectivity index (χ0n) is 12.0. The number of benzene rings is 1. The van der Waals surface area contributed by atoms with Crippen LogP contribution in [0, 0.1) is 0 Å². The van der Waals surface area contributed by atoms with Gasteiger partial charge in [0.2, 0.25) is 5.91 Å². The highest BCUT2D eigenvalue weighted by Gasteiger charge is 2.08. The van der Waals surface area contributed by atoms with E-state index in [4.69, 9.17) is 0 Å². The fourth-order valence-corrected chi connectivity index (χ4v) is 1.80. The summed E-state index contributed by atoms with van der Waals surface area (Å²) in [4.78, 5) is 13.8. The van der Waals surface area contributed by atoms with Crippen LogP contribution < -0.4 is 5.32 Å². The highest BCUT2D eigenvalue weighted by atomic mass is 16.3. The molecule has 1 amide bonds. The van der Waals surface area contributed by atoms with Gasteiger partial charge in [0, 0.05) is 12.2 Å². The van der Waals surface area contributed by atoms with E-state index in [0.717, 1.165) is 12.1 Å². The van der Waals surface area contributed by atoms with Gasteiger partial charge in [0.05, 0.1) is 12.6 Å². The maximum absolute atomic E-state index is 11.9. The van der Waals surface area contributed by atoms with Gasteiger partial charge in [-0.15, -0.1) is 0 Å². The van der Waals surface area contributed by atoms with Gasteiger partial charge in [0.15, 0.2) is 0 Å². The molecule has 0 bridgehead atoms. The zero-order valence-corrected chi connectivity index (χ0v) is 12.0. The van der Waals surface area contributed by atoms with Gasteiger partial charge in [-0.1, -0.05) is 19.1 Å². The SMILES string of the molecule is CCc1cccc(NC(=O)CN(C)CC[C@H](C)O)c1. The Hall–Kier alpha value is -1.39. The van der Waals surface area contributed by atoms with E-state index >= 15 is 0 Å². The van der Waals surface area contributed by atoms with Crippen molar-refractivity contribution in [2.45, 2.75) is 32.8 Å². The molecule has 0 aliphatic heterocycles. The summed E-state index contributed by atoms with van der Waals surface area (Å²) in [7, 11) is 1.88. The van der Waals surface area contributed by atoms with Gasteiger partial charge in [-0.25, -0.2) is 0 Å². The molecule has 106 valence electrons. The average Bonchev–Trinajstić information content (AvgIpc) is 2.36. The second-order valence-corrected chi connectivity index (χ2v) is 4.98. The Bertz CT molecular complexity index is 405. The number of aryl methyl sites for hydroxylation is 1. The lowest BCUT2D eigenvalue weighted by Crippen LogP contribution is -2.32. The Morgan fingerprint density at radius 3 is 2.84 bits per heavy atom. The molecule has 0 aliphatic rings. The zero-order chi connectivity index (χ0) is 14.3. The summed E-state index contributed by atoms with van der Waals surface area (Å²) in [6.07, 6.45) is 1.30. The van der Waals surface area contributed by atoms with Crippen LogP contribution in [0.4, 0.5) is 5.69 Å². The second kappa shape index (κ2) is 7.92. The van der Waals surface area contributed by atoms with Gasteiger partial charge in [0.25, 0.3) is 0 Å². The molecule has 0 spiro atoms. The van der Waals surface area contributed by atoms with E-state index in [9.17, 15) is 9.90 Å². The number of hydrogen-bond acceptors (Lipinski definition) is 3. The first kappa shape index (κ1) is 15.7. The summed E-state index contributed by atoms with van der Waals surface area (Å²) in [6, 6.07) is 7.89. The van der Waals surface area contributed by atoms with E-state index in [2.05, 4.69) is 12.2 Å². The van der Waals surface area contributed by atoms with Crippen molar-refractivity contribution in [3.05, 3.63) is 29.8 Å². The minimum Gasteiger partial charge on any atom is -0.393 e. The number of likely N-dealkylation sites (N-methyl/N-ethyl adjacent to an activating group) is 1. The number of carbonyl (C=O) groups excluding carboxylic acids is 1. The minimum atomic E-state index is -0.327. The van der Waals surface area contributed by atoms with Crippen LogP contribution in [0.5, 0.6) is 0 Å². The summed E-state index contributed by atoms with van der Waals surface area (Å²) in [6.45, 7) is 4.89. The van der Waals surface area contributed by atoms with Crippen molar-refractivity contribution >= 4 is 11.6 Å². The molecule has 0 saturated carbocycles. The number of carbonyl (C=O) groups is 1. The highest BCUT2D eigenvalue weighted by molar-refractivity contribution is 5.92. The third-order valence-corrected chi connectivity index (χ3v) is 2.96. The van der Waals surface area contributed by atoms with Crippen molar-refractivity contribution in [3.8, 4) is 0 Å². The Morgan fingerprint density at radius 2 is 2.21 bits per heavy atom. The Kier molecular flexibility index (Phi) is 6.53. The van der Waals surface area contributed by atoms with E-state index in [1.165, 1.54) is 5.56 Å². The molecule has 1 aromatic carbocycles. The molecule has 0 aliphatic carbocycles. The van der Waals surface area contributed by atoms with Gasteiger partial charge in [-0.2, -0.15) is 0 Å². The van der Waals surface area contributed by atoms with Crippen LogP contribution in [0.1, 0.15) is 25.8 Å². The predicted octanol–water partition coefficient (Wildman–Crippen LogP) is 1.89. The minimum absolute atomic E-state index is 0.0265. The lowest BCUT2D eigenvalue weighted by atomic mass is 10.1. The summed E-state index contributed by atoms with van der Waals surface area (Å²) in [5, 5.41) is 12.1. The normalized spacial score (nSPS) is 12.5. The predicted molar refractivity (Wildman–Crippen MR) is 78.2 cm³/mol. The molecule has 0 unspecified atom stereocenters. The van der Waals surface area contributed by atoms with Gasteiger partial charge in [-0.05, 0) is 44.5 Å². The number of anilines is 1. The molecule has 19 heavy (non-hydrogen) atoms. The van der Waals surface area contributed by atoms with Crippen molar-refractivity contribution in [1.29, 1.82) is 0 Å². The molecular formula is C15H24N2O2. The molecule has 1 rings (SSSR count). The number of rotatable bonds is 7. The molecule has 0 saturated heterocycles. The number of nitrogens with zero attached hydrogens (tertiary/aromatic N) is 1. The summed E-state index contributed by atoms with van der Waals surface area (Å²) in [5.74, 6) is -0.0265. The Balaban J connectivity index is 2.41. The van der Waals surface area contributed by atoms with Crippen LogP contribution in [0.15, 0.2) is 24.3 Å². The van der Waals surface area contributed by atoms with Crippen LogP contribution in [0.3, 0.4) is 0 Å². The van der Waals surface area contributed by atoms with E-state index in [1.54, 1.807) is 6.92 Å². The first-order valence-corrected chi connectivity index (χ1v) is 6.76. The van der Waals surface area contributed by atoms with Crippen LogP contribution in [0.25, 0.3) is 0 Å². The summed E-state index contributed by atoms with van der Waals surface area (Å²) < 4.78 is 0. The number of hydrogen-bond donors (Lipinski definition) is 2. The lowest BCUT2D eigenvalue weighted by Gasteiger charge is -2.17. The fraction of sp³-hybridized carbons (Fsp3) is 0.533. The third-order valence-electron chi connectivity index (χ3n) is 2.96. The Morgan fingerprint density at radius 1 is 1.47 bits per heavy atom. The number of amides is 1. The third kappa shape index (κ3) is 6.36. The summed E-state index contributed by atoms with van der Waals surface area (Å²) in [5.41, 5.74) is 2.05. The van der Waals surface area contributed by atoms with Gasteiger partial charge in [0.1, 0.15) is 0 Å². The maximum Gasteiger partial charge on any atom is 0.238 e. The van der Waals surface area contributed by atoms with E-state index in [1.807, 2.05) is 36.2 Å². The van der Waals surface area contributed by atoms with E-state index < -0.39 is 0 Å². The Labute approximate surface area is 115 Å². The highest BCUT2D eigenvalue weighted by Crippen LogP contribution is 2.11. The standard InChI is InChI=1S/C15H24N2O2/c1-4-13-6-5-7-14(10-13)16-15(19)11-17(3)9-8-12(2)18/h5-7,10,12,18H,4,8-9,11H2,1-3H3,(H,16,19)/t12-/m0/s1. The van der Waals surface area contributed by atoms with Crippen LogP contribution >= 0.6 is 0 Å². The van der Waals surface area contributed by atoms with Crippen molar-refractivity contribution in [2.24, 2.45) is 0 Å². The van der Waals surface area contributed by atoms with Crippen molar-refractivity contribution in [3.63, 3.8) is 0 Å². The van der Waals surface area contributed by atoms with Gasteiger partial charge < -0.3 is 10.4 Å². The first-order chi connectivity index (χ1) is 9.01. The monoisotopic (exact) mass is 264 g/mol.